The van der Waals surface area contributed by atoms with Crippen molar-refractivity contribution in [1.82, 2.24) is 0 Å². The molecule has 0 aliphatic heterocycles. The summed E-state index contributed by atoms with van der Waals surface area (Å²) >= 11 is 5.83. The molecule has 1 amide bonds. The van der Waals surface area contributed by atoms with Crippen LogP contribution in [0.2, 0.25) is 5.02 Å². The van der Waals surface area contributed by atoms with Crippen LogP contribution in [0.25, 0.3) is 0 Å². The molecule has 108 valence electrons. The summed E-state index contributed by atoms with van der Waals surface area (Å²) in [5.41, 5.74) is 2.67. The fourth-order valence-corrected chi connectivity index (χ4v) is 1.88. The first kappa shape index (κ1) is 15.1. The Morgan fingerprint density at radius 3 is 2.86 bits per heavy atom. The van der Waals surface area contributed by atoms with Gasteiger partial charge in [0.05, 0.1) is 6.21 Å². The molecule has 0 bridgehead atoms. The molecule has 0 radical (unpaired) electrons. The number of carbonyl (C=O) groups is 1. The Morgan fingerprint density at radius 2 is 2.10 bits per heavy atom. The zero-order valence-electron chi connectivity index (χ0n) is 11.5. The highest BCUT2D eigenvalue weighted by atomic mass is 35.5. The van der Waals surface area contributed by atoms with Crippen LogP contribution in [0.15, 0.2) is 53.7 Å². The molecule has 0 unspecified atom stereocenters. The minimum atomic E-state index is -0.292. The number of carbonyl (C=O) groups excluding carboxylic acids is 1. The van der Waals surface area contributed by atoms with E-state index in [0.717, 1.165) is 11.1 Å². The van der Waals surface area contributed by atoms with Crippen molar-refractivity contribution < 1.29 is 9.63 Å². The van der Waals surface area contributed by atoms with Crippen LogP contribution in [0.1, 0.15) is 11.1 Å². The van der Waals surface area contributed by atoms with Gasteiger partial charge in [-0.25, -0.2) is 0 Å². The number of nitrogens with one attached hydrogen (secondary N) is 1. The molecule has 0 aliphatic carbocycles. The fourth-order valence-electron chi connectivity index (χ4n) is 1.68. The summed E-state index contributed by atoms with van der Waals surface area (Å²) in [5.74, 6) is -0.292. The highest BCUT2D eigenvalue weighted by Crippen LogP contribution is 2.14. The number of oxime groups is 1. The molecular formula is C16H15ClN2O2. The van der Waals surface area contributed by atoms with E-state index in [0.29, 0.717) is 10.7 Å². The average Bonchev–Trinajstić information content (AvgIpc) is 2.45. The Kier molecular flexibility index (Phi) is 5.35. The third-order valence-corrected chi connectivity index (χ3v) is 2.99. The molecule has 0 aliphatic rings. The number of halogens is 1. The largest absolute Gasteiger partial charge is 0.386 e. The molecule has 0 heterocycles. The summed E-state index contributed by atoms with van der Waals surface area (Å²) in [6, 6.07) is 14.7. The molecule has 21 heavy (non-hydrogen) atoms. The van der Waals surface area contributed by atoms with Crippen molar-refractivity contribution >= 4 is 29.4 Å². The van der Waals surface area contributed by atoms with Crippen molar-refractivity contribution in [2.75, 3.05) is 11.9 Å². The number of rotatable bonds is 5. The standard InChI is InChI=1S/C16H15ClN2O2/c1-12-5-2-3-6-13(12)10-18-21-11-16(20)19-15-8-4-7-14(17)9-15/h2-10H,11H2,1H3,(H,19,20)/b18-10-. The molecule has 0 aromatic heterocycles. The van der Waals surface area contributed by atoms with Crippen LogP contribution in [-0.4, -0.2) is 18.7 Å². The normalized spacial score (nSPS) is 10.6. The summed E-state index contributed by atoms with van der Waals surface area (Å²) in [6.07, 6.45) is 1.59. The second-order valence-corrected chi connectivity index (χ2v) is 4.86. The topological polar surface area (TPSA) is 50.7 Å². The van der Waals surface area contributed by atoms with Crippen LogP contribution in [0, 0.1) is 6.92 Å². The molecule has 4 nitrogen and oxygen atoms in total. The maximum atomic E-state index is 11.6. The van der Waals surface area contributed by atoms with Gasteiger partial charge in [-0.2, -0.15) is 0 Å². The molecule has 5 heteroatoms. The zero-order valence-corrected chi connectivity index (χ0v) is 12.3. The Bertz CT molecular complexity index is 656. The number of aryl methyl sites for hydroxylation is 1. The Labute approximate surface area is 128 Å². The average molecular weight is 303 g/mol. The second kappa shape index (κ2) is 7.45. The van der Waals surface area contributed by atoms with Crippen molar-refractivity contribution in [2.24, 2.45) is 5.16 Å². The van der Waals surface area contributed by atoms with E-state index in [4.69, 9.17) is 16.4 Å². The van der Waals surface area contributed by atoms with Gasteiger partial charge in [0.25, 0.3) is 5.91 Å². The third kappa shape index (κ3) is 4.93. The van der Waals surface area contributed by atoms with Gasteiger partial charge in [-0.05, 0) is 36.2 Å². The Morgan fingerprint density at radius 1 is 1.29 bits per heavy atom. The van der Waals surface area contributed by atoms with Crippen LogP contribution in [0.3, 0.4) is 0 Å². The fraction of sp³-hybridized carbons (Fsp3) is 0.125. The molecule has 0 saturated heterocycles. The van der Waals surface area contributed by atoms with Crippen LogP contribution in [0.4, 0.5) is 5.69 Å². The first-order chi connectivity index (χ1) is 10.1. The van der Waals surface area contributed by atoms with E-state index in [2.05, 4.69) is 10.5 Å². The van der Waals surface area contributed by atoms with E-state index < -0.39 is 0 Å². The van der Waals surface area contributed by atoms with Crippen molar-refractivity contribution in [2.45, 2.75) is 6.92 Å². The quantitative estimate of drug-likeness (QED) is 0.677. The van der Waals surface area contributed by atoms with Crippen molar-refractivity contribution in [1.29, 1.82) is 0 Å². The van der Waals surface area contributed by atoms with Crippen LogP contribution < -0.4 is 5.32 Å². The van der Waals surface area contributed by atoms with Gasteiger partial charge in [0.15, 0.2) is 6.61 Å². The number of benzene rings is 2. The monoisotopic (exact) mass is 302 g/mol. The predicted octanol–water partition coefficient (Wildman–Crippen LogP) is 3.64. The maximum Gasteiger partial charge on any atom is 0.265 e. The second-order valence-electron chi connectivity index (χ2n) is 4.42. The smallest absolute Gasteiger partial charge is 0.265 e. The number of amides is 1. The molecular weight excluding hydrogens is 288 g/mol. The summed E-state index contributed by atoms with van der Waals surface area (Å²) in [7, 11) is 0. The summed E-state index contributed by atoms with van der Waals surface area (Å²) in [6.45, 7) is 1.82. The van der Waals surface area contributed by atoms with E-state index in [1.807, 2.05) is 31.2 Å². The summed E-state index contributed by atoms with van der Waals surface area (Å²) < 4.78 is 0. The molecule has 0 fully saturated rings. The molecule has 2 aromatic carbocycles. The van der Waals surface area contributed by atoms with Gasteiger partial charge in [-0.15, -0.1) is 0 Å². The predicted molar refractivity (Wildman–Crippen MR) is 84.8 cm³/mol. The van der Waals surface area contributed by atoms with E-state index >= 15 is 0 Å². The van der Waals surface area contributed by atoms with Gasteiger partial charge in [0.2, 0.25) is 0 Å². The van der Waals surface area contributed by atoms with Crippen molar-refractivity contribution in [3.8, 4) is 0 Å². The number of nitrogens with zero attached hydrogens (tertiary/aromatic N) is 1. The lowest BCUT2D eigenvalue weighted by molar-refractivity contribution is -0.120. The zero-order chi connectivity index (χ0) is 15.1. The first-order valence-corrected chi connectivity index (χ1v) is 6.79. The maximum absolute atomic E-state index is 11.6. The van der Waals surface area contributed by atoms with Gasteiger partial charge >= 0.3 is 0 Å². The Hall–Kier alpha value is -2.33. The molecule has 2 aromatic rings. The first-order valence-electron chi connectivity index (χ1n) is 6.41. The number of hydrogen-bond acceptors (Lipinski definition) is 3. The lowest BCUT2D eigenvalue weighted by Crippen LogP contribution is -2.16. The van der Waals surface area contributed by atoms with E-state index in [1.165, 1.54) is 0 Å². The van der Waals surface area contributed by atoms with Crippen LogP contribution in [0.5, 0.6) is 0 Å². The minimum Gasteiger partial charge on any atom is -0.386 e. The van der Waals surface area contributed by atoms with Crippen LogP contribution >= 0.6 is 11.6 Å². The van der Waals surface area contributed by atoms with Gasteiger partial charge in [-0.1, -0.05) is 47.1 Å². The van der Waals surface area contributed by atoms with Gasteiger partial charge in [0, 0.05) is 10.7 Å². The van der Waals surface area contributed by atoms with Crippen molar-refractivity contribution in [3.63, 3.8) is 0 Å². The van der Waals surface area contributed by atoms with Crippen LogP contribution in [-0.2, 0) is 9.63 Å². The van der Waals surface area contributed by atoms with E-state index in [9.17, 15) is 4.79 Å². The molecule has 0 atom stereocenters. The number of anilines is 1. The molecule has 0 spiro atoms. The van der Waals surface area contributed by atoms with Gasteiger partial charge < -0.3 is 10.2 Å². The molecule has 1 N–H and O–H groups in total. The number of hydrogen-bond donors (Lipinski definition) is 1. The molecule has 0 saturated carbocycles. The lowest BCUT2D eigenvalue weighted by atomic mass is 10.1. The van der Waals surface area contributed by atoms with E-state index in [1.54, 1.807) is 30.5 Å². The minimum absolute atomic E-state index is 0.158. The SMILES string of the molecule is Cc1ccccc1/C=N\OCC(=O)Nc1cccc(Cl)c1. The third-order valence-electron chi connectivity index (χ3n) is 2.76. The molecule has 2 rings (SSSR count). The van der Waals surface area contributed by atoms with E-state index in [-0.39, 0.29) is 12.5 Å². The summed E-state index contributed by atoms with van der Waals surface area (Å²) in [5, 5.41) is 7.02. The lowest BCUT2D eigenvalue weighted by Gasteiger charge is -2.04. The summed E-state index contributed by atoms with van der Waals surface area (Å²) in [4.78, 5) is 16.6. The van der Waals surface area contributed by atoms with Gasteiger partial charge in [-0.3, -0.25) is 4.79 Å². The van der Waals surface area contributed by atoms with Crippen molar-refractivity contribution in [3.05, 3.63) is 64.7 Å². The Balaban J connectivity index is 1.81. The van der Waals surface area contributed by atoms with Gasteiger partial charge in [0.1, 0.15) is 0 Å². The highest BCUT2D eigenvalue weighted by Gasteiger charge is 2.02. The highest BCUT2D eigenvalue weighted by molar-refractivity contribution is 6.30.